The lowest BCUT2D eigenvalue weighted by Gasteiger charge is -2.42. The number of aliphatic hydroxyl groups is 1. The summed E-state index contributed by atoms with van der Waals surface area (Å²) in [5, 5.41) is 17.1. The van der Waals surface area contributed by atoms with E-state index in [1.807, 2.05) is 25.2 Å². The van der Waals surface area contributed by atoms with E-state index in [0.29, 0.717) is 30.8 Å². The number of nitrogens with one attached hydrogen (secondary N) is 2. The van der Waals surface area contributed by atoms with Crippen molar-refractivity contribution >= 4 is 86.1 Å². The maximum atomic E-state index is 14.4. The number of thioether (sulfide) groups is 1. The van der Waals surface area contributed by atoms with Crippen molar-refractivity contribution in [1.29, 1.82) is 0 Å². The molecule has 2 saturated heterocycles. The average molecular weight is 1180 g/mol. The van der Waals surface area contributed by atoms with Crippen LogP contribution in [0.5, 0.6) is 5.75 Å². The molecule has 77 heavy (non-hydrogen) atoms. The summed E-state index contributed by atoms with van der Waals surface area (Å²) in [4.78, 5) is 98.4. The fourth-order valence-corrected chi connectivity index (χ4v) is 10.6. The summed E-state index contributed by atoms with van der Waals surface area (Å²) in [6.45, 7) is 7.74. The highest BCUT2D eigenvalue weighted by atomic mass is 79.9. The maximum absolute atomic E-state index is 14.4. The van der Waals surface area contributed by atoms with Crippen molar-refractivity contribution in [3.8, 4) is 5.75 Å². The molecule has 3 N–H and O–H groups in total. The molecule has 1 aromatic rings. The predicted octanol–water partition coefficient (Wildman–Crippen LogP) is 6.15. The molecule has 3 heterocycles. The minimum atomic E-state index is -1.88. The number of hydrogen-bond donors (Lipinski definition) is 3. The molecular weight excluding hydrogens is 1110 g/mol. The summed E-state index contributed by atoms with van der Waals surface area (Å²) in [6.07, 6.45) is 5.81. The molecule has 4 bridgehead atoms. The third kappa shape index (κ3) is 17.0. The van der Waals surface area contributed by atoms with Crippen LogP contribution in [0.4, 0.5) is 20.1 Å². The summed E-state index contributed by atoms with van der Waals surface area (Å²) in [6, 6.07) is 2.38. The molecule has 10 atom stereocenters. The Balaban J connectivity index is 1.21. The Morgan fingerprint density at radius 1 is 1.08 bits per heavy atom. The Kier molecular flexibility index (Phi) is 23.5. The number of epoxide rings is 1. The van der Waals surface area contributed by atoms with E-state index in [4.69, 9.17) is 44.8 Å². The SMILES string of the molecule is COc1cc2cc(c1Cl)N(C)C(=O)C[C@H](OC(=O)[C@H](C)N(C)C(=O)CCSC(=O)N(C)CCN(C)C(=O)OC1C=CCCCCC1OCCNC(=O)CBr)[C@]1(C)O[C@H]1[C@H](C)[C@@H]1C[C@@](O)(NC(=O)O1)[C@H](OC)C=CC=C(C)C2. The first kappa shape index (κ1) is 62.9. The second-order valence-electron chi connectivity index (χ2n) is 20.1. The minimum Gasteiger partial charge on any atom is -0.495 e. The van der Waals surface area contributed by atoms with Gasteiger partial charge >= 0.3 is 18.2 Å². The quantitative estimate of drug-likeness (QED) is 0.0395. The Morgan fingerprint density at radius 2 is 1.81 bits per heavy atom. The van der Waals surface area contributed by atoms with Gasteiger partial charge in [0.1, 0.15) is 46.8 Å². The maximum Gasteiger partial charge on any atom is 0.410 e. The van der Waals surface area contributed by atoms with E-state index in [1.54, 1.807) is 59.3 Å². The van der Waals surface area contributed by atoms with Gasteiger partial charge in [0.05, 0.1) is 43.4 Å². The summed E-state index contributed by atoms with van der Waals surface area (Å²) in [7, 11) is 9.02. The van der Waals surface area contributed by atoms with Crippen LogP contribution in [-0.4, -0.2) is 195 Å². The second kappa shape index (κ2) is 28.8. The lowest BCUT2D eigenvalue weighted by atomic mass is 9.83. The van der Waals surface area contributed by atoms with Crippen LogP contribution in [0.1, 0.15) is 78.2 Å². The van der Waals surface area contributed by atoms with Gasteiger partial charge in [0.2, 0.25) is 17.7 Å². The zero-order chi connectivity index (χ0) is 56.8. The van der Waals surface area contributed by atoms with E-state index in [1.165, 1.54) is 47.8 Å². The third-order valence-electron chi connectivity index (χ3n) is 14.4. The number of likely N-dealkylation sites (N-methyl/N-ethyl adjacent to an activating group) is 3. The number of nitrogens with zero attached hydrogens (tertiary/aromatic N) is 4. The number of rotatable bonds is 17. The van der Waals surface area contributed by atoms with Gasteiger partial charge in [-0.2, -0.15) is 0 Å². The molecular formula is C53H76BrClN6O15S. The van der Waals surface area contributed by atoms with Gasteiger partial charge in [-0.3, -0.25) is 24.5 Å². The molecule has 0 spiro atoms. The minimum absolute atomic E-state index is 0.0817. The van der Waals surface area contributed by atoms with Crippen molar-refractivity contribution in [3.05, 3.63) is 58.7 Å². The van der Waals surface area contributed by atoms with Crippen LogP contribution >= 0.6 is 39.3 Å². The molecule has 0 saturated carbocycles. The fraction of sp³-hybridized carbons (Fsp3) is 0.642. The first-order chi connectivity index (χ1) is 36.5. The van der Waals surface area contributed by atoms with Crippen LogP contribution in [0.15, 0.2) is 48.1 Å². The number of allylic oxidation sites excluding steroid dienone is 4. The summed E-state index contributed by atoms with van der Waals surface area (Å²) >= 11 is 10.8. The first-order valence-electron chi connectivity index (χ1n) is 25.7. The zero-order valence-corrected chi connectivity index (χ0v) is 48.8. The normalized spacial score (nSPS) is 27.0. The largest absolute Gasteiger partial charge is 0.495 e. The van der Waals surface area contributed by atoms with Crippen molar-refractivity contribution in [1.82, 2.24) is 25.3 Å². The van der Waals surface area contributed by atoms with Crippen LogP contribution in [0.25, 0.3) is 0 Å². The number of carbonyl (C=O) groups excluding carboxylic acids is 7. The van der Waals surface area contributed by atoms with Crippen molar-refractivity contribution in [2.75, 3.05) is 84.6 Å². The number of esters is 1. The van der Waals surface area contributed by atoms with Crippen molar-refractivity contribution < 1.29 is 71.8 Å². The Hall–Kier alpha value is -4.91. The molecule has 0 radical (unpaired) electrons. The lowest BCUT2D eigenvalue weighted by molar-refractivity contribution is -0.162. The zero-order valence-electron chi connectivity index (χ0n) is 45.7. The number of benzene rings is 1. The van der Waals surface area contributed by atoms with Gasteiger partial charge in [-0.1, -0.05) is 82.5 Å². The number of methoxy groups -OCH3 is 2. The van der Waals surface area contributed by atoms with Gasteiger partial charge in [0, 0.05) is 79.4 Å². The van der Waals surface area contributed by atoms with Crippen molar-refractivity contribution in [3.63, 3.8) is 0 Å². The Bertz CT molecular complexity index is 2380. The Morgan fingerprint density at radius 3 is 2.51 bits per heavy atom. The third-order valence-corrected chi connectivity index (χ3v) is 16.2. The molecule has 6 amide bonds. The predicted molar refractivity (Wildman–Crippen MR) is 293 cm³/mol. The summed E-state index contributed by atoms with van der Waals surface area (Å²) in [5.74, 6) is -2.13. The molecule has 2 fully saturated rings. The first-order valence-corrected chi connectivity index (χ1v) is 28.2. The molecule has 428 valence electrons. The van der Waals surface area contributed by atoms with Gasteiger partial charge in [-0.05, 0) is 70.2 Å². The van der Waals surface area contributed by atoms with Gasteiger partial charge < -0.3 is 63.2 Å². The molecule has 21 nitrogen and oxygen atoms in total. The number of halogens is 2. The molecule has 0 aromatic heterocycles. The molecule has 4 aliphatic rings. The number of hydrogen-bond acceptors (Lipinski definition) is 16. The molecule has 5 rings (SSSR count). The number of anilines is 1. The van der Waals surface area contributed by atoms with Gasteiger partial charge in [0.15, 0.2) is 5.72 Å². The number of fused-ring (bicyclic) bond motifs is 5. The lowest BCUT2D eigenvalue weighted by Crippen LogP contribution is -2.63. The van der Waals surface area contributed by atoms with Crippen LogP contribution in [0.2, 0.25) is 5.02 Å². The van der Waals surface area contributed by atoms with Crippen molar-refractivity contribution in [2.24, 2.45) is 5.92 Å². The van der Waals surface area contributed by atoms with E-state index < -0.39 is 96.3 Å². The topological polar surface area (TPSA) is 245 Å². The van der Waals surface area contributed by atoms with Gasteiger partial charge in [-0.25, -0.2) is 14.4 Å². The monoisotopic (exact) mass is 1180 g/mol. The van der Waals surface area contributed by atoms with Gasteiger partial charge in [-0.15, -0.1) is 0 Å². The van der Waals surface area contributed by atoms with E-state index in [9.17, 15) is 38.7 Å². The highest BCUT2D eigenvalue weighted by molar-refractivity contribution is 9.09. The fourth-order valence-electron chi connectivity index (χ4n) is 9.29. The van der Waals surface area contributed by atoms with E-state index >= 15 is 0 Å². The number of alkyl halides is 1. The number of amides is 6. The smallest absolute Gasteiger partial charge is 0.410 e. The second-order valence-corrected chi connectivity index (χ2v) is 22.0. The van der Waals surface area contributed by atoms with Crippen LogP contribution in [0, 0.1) is 5.92 Å². The highest BCUT2D eigenvalue weighted by Crippen LogP contribution is 2.49. The molecule has 1 aromatic carbocycles. The molecule has 2 unspecified atom stereocenters. The van der Waals surface area contributed by atoms with E-state index in [2.05, 4.69) is 26.6 Å². The summed E-state index contributed by atoms with van der Waals surface area (Å²) in [5.41, 5.74) is -1.19. The average Bonchev–Trinajstić information content (AvgIpc) is 4.12. The Labute approximate surface area is 469 Å². The van der Waals surface area contributed by atoms with Crippen LogP contribution in [-0.2, 0) is 54.0 Å². The standard InChI is InChI=1S/C53H76BrClN6O15S/c1-32-16-15-19-41(71-10)53(69)30-40(73-49(66)57-53)33(2)47-52(4,76-47)42(29-45(64)61(8)36-27-35(26-32)28-39(70-9)46(36)55)75-48(65)34(3)60(7)44(63)20-25-77-51(68)59(6)23-22-58(5)50(67)74-38-18-14-12-11-13-17-37(38)72-24-21-56-43(62)31-54/h14-16,18-19,27-28,33-34,37-38,40-42,47,69H,11-13,17,20-26,29-31H2,1-10H3,(H,56,62)(H,57,66)/t33-,34+,37?,38?,40+,41-,42+,47+,52+,53+/m1/s1. The van der Waals surface area contributed by atoms with Crippen LogP contribution < -0.4 is 20.3 Å². The number of ether oxygens (including phenoxy) is 7. The van der Waals surface area contributed by atoms with E-state index in [-0.39, 0.29) is 59.8 Å². The number of alkyl carbamates (subject to hydrolysis) is 1. The molecule has 1 aliphatic carbocycles. The van der Waals surface area contributed by atoms with E-state index in [0.717, 1.165) is 42.2 Å². The van der Waals surface area contributed by atoms with Crippen LogP contribution in [0.3, 0.4) is 0 Å². The van der Waals surface area contributed by atoms with Gasteiger partial charge in [0.25, 0.3) is 5.24 Å². The summed E-state index contributed by atoms with van der Waals surface area (Å²) < 4.78 is 41.3. The molecule has 3 aliphatic heterocycles. The molecule has 24 heteroatoms. The van der Waals surface area contributed by atoms with Crippen molar-refractivity contribution in [2.45, 2.75) is 133 Å². The number of carbonyl (C=O) groups is 7. The highest BCUT2D eigenvalue weighted by Gasteiger charge is 2.64.